The van der Waals surface area contributed by atoms with E-state index >= 15 is 0 Å². The summed E-state index contributed by atoms with van der Waals surface area (Å²) in [5.74, 6) is 0. The summed E-state index contributed by atoms with van der Waals surface area (Å²) in [5.41, 5.74) is 4.18. The number of hydrogen-bond acceptors (Lipinski definition) is 3. The van der Waals surface area contributed by atoms with Gasteiger partial charge in [0.15, 0.2) is 0 Å². The van der Waals surface area contributed by atoms with Crippen LogP contribution in [0, 0.1) is 0 Å². The molecule has 0 radical (unpaired) electrons. The first-order valence-corrected chi connectivity index (χ1v) is 10.2. The highest BCUT2D eigenvalue weighted by Crippen LogP contribution is 2.30. The molecule has 0 bridgehead atoms. The number of rotatable bonds is 2. The first-order valence-electron chi connectivity index (χ1n) is 10.2. The molecule has 2 heterocycles. The van der Waals surface area contributed by atoms with E-state index in [0.717, 1.165) is 40.9 Å². The zero-order valence-corrected chi connectivity index (χ0v) is 17.4. The molecule has 2 amide bonds. The van der Waals surface area contributed by atoms with Gasteiger partial charge >= 0.3 is 6.03 Å². The fourth-order valence-corrected chi connectivity index (χ4v) is 3.93. The molecular formula is C24H28N4O. The zero-order valence-electron chi connectivity index (χ0n) is 17.4. The van der Waals surface area contributed by atoms with Crippen molar-refractivity contribution in [2.24, 2.45) is 0 Å². The average Bonchev–Trinajstić information content (AvgIpc) is 2.73. The van der Waals surface area contributed by atoms with Crippen molar-refractivity contribution in [3.05, 3.63) is 66.4 Å². The van der Waals surface area contributed by atoms with Gasteiger partial charge in [0.2, 0.25) is 0 Å². The molecule has 1 fully saturated rings. The minimum Gasteiger partial charge on any atom is -0.366 e. The van der Waals surface area contributed by atoms with Gasteiger partial charge in [0.25, 0.3) is 0 Å². The molecule has 5 heteroatoms. The lowest BCUT2D eigenvalue weighted by Gasteiger charge is -2.36. The molecule has 1 N–H and O–H groups in total. The molecule has 1 saturated heterocycles. The molecule has 1 aliphatic heterocycles. The van der Waals surface area contributed by atoms with Crippen molar-refractivity contribution < 1.29 is 4.79 Å². The van der Waals surface area contributed by atoms with Crippen molar-refractivity contribution in [3.8, 4) is 0 Å². The Balaban J connectivity index is 1.44. The van der Waals surface area contributed by atoms with Gasteiger partial charge in [-0.05, 0) is 29.2 Å². The second-order valence-electron chi connectivity index (χ2n) is 8.55. The van der Waals surface area contributed by atoms with Crippen LogP contribution in [-0.2, 0) is 5.41 Å². The van der Waals surface area contributed by atoms with E-state index in [9.17, 15) is 4.79 Å². The monoisotopic (exact) mass is 388 g/mol. The number of urea groups is 1. The molecule has 5 nitrogen and oxygen atoms in total. The molecule has 2 aromatic carbocycles. The Bertz CT molecular complexity index is 1010. The van der Waals surface area contributed by atoms with E-state index in [2.05, 4.69) is 66.3 Å². The standard InChI is InChI=1S/C24H28N4O/c1-24(2,3)19-10-4-5-11-20(19)26-23(29)28-16-14-27(15-17-28)21-12-6-8-18-9-7-13-25-22(18)21/h4-13H,14-17H2,1-3H3,(H,26,29). The van der Waals surface area contributed by atoms with E-state index in [4.69, 9.17) is 0 Å². The molecule has 1 aliphatic rings. The van der Waals surface area contributed by atoms with Gasteiger partial charge in [-0.3, -0.25) is 4.98 Å². The third-order valence-electron chi connectivity index (χ3n) is 5.50. The maximum Gasteiger partial charge on any atom is 0.321 e. The molecule has 0 saturated carbocycles. The number of piperazine rings is 1. The average molecular weight is 389 g/mol. The number of hydrogen-bond donors (Lipinski definition) is 1. The normalized spacial score (nSPS) is 14.9. The summed E-state index contributed by atoms with van der Waals surface area (Å²) < 4.78 is 0. The number of pyridine rings is 1. The van der Waals surface area contributed by atoms with Crippen molar-refractivity contribution in [1.29, 1.82) is 0 Å². The number of benzene rings is 2. The minimum atomic E-state index is -0.0302. The van der Waals surface area contributed by atoms with Crippen LogP contribution in [0.25, 0.3) is 10.9 Å². The highest BCUT2D eigenvalue weighted by Gasteiger charge is 2.24. The summed E-state index contributed by atoms with van der Waals surface area (Å²) in [6.45, 7) is 9.45. The summed E-state index contributed by atoms with van der Waals surface area (Å²) in [6.07, 6.45) is 1.84. The van der Waals surface area contributed by atoms with Gasteiger partial charge in [0.05, 0.1) is 11.2 Å². The van der Waals surface area contributed by atoms with Gasteiger partial charge < -0.3 is 15.1 Å². The third-order valence-corrected chi connectivity index (χ3v) is 5.50. The van der Waals surface area contributed by atoms with Crippen LogP contribution in [-0.4, -0.2) is 42.1 Å². The zero-order chi connectivity index (χ0) is 20.4. The van der Waals surface area contributed by atoms with Crippen LogP contribution in [0.15, 0.2) is 60.8 Å². The van der Waals surface area contributed by atoms with E-state index in [-0.39, 0.29) is 11.4 Å². The van der Waals surface area contributed by atoms with Gasteiger partial charge in [-0.25, -0.2) is 4.79 Å². The van der Waals surface area contributed by atoms with E-state index in [1.165, 1.54) is 0 Å². The third kappa shape index (κ3) is 4.04. The van der Waals surface area contributed by atoms with Crippen LogP contribution < -0.4 is 10.2 Å². The van der Waals surface area contributed by atoms with Gasteiger partial charge in [0.1, 0.15) is 0 Å². The first-order chi connectivity index (χ1) is 13.9. The topological polar surface area (TPSA) is 48.5 Å². The van der Waals surface area contributed by atoms with E-state index in [1.807, 2.05) is 35.4 Å². The van der Waals surface area contributed by atoms with Gasteiger partial charge in [-0.2, -0.15) is 0 Å². The number of anilines is 2. The predicted molar refractivity (Wildman–Crippen MR) is 120 cm³/mol. The van der Waals surface area contributed by atoms with Gasteiger partial charge in [-0.1, -0.05) is 57.2 Å². The predicted octanol–water partition coefficient (Wildman–Crippen LogP) is 4.89. The molecule has 1 aromatic heterocycles. The van der Waals surface area contributed by atoms with Crippen LogP contribution >= 0.6 is 0 Å². The molecule has 150 valence electrons. The Kier molecular flexibility index (Phi) is 5.14. The largest absolute Gasteiger partial charge is 0.366 e. The number of nitrogens with zero attached hydrogens (tertiary/aromatic N) is 3. The van der Waals surface area contributed by atoms with E-state index < -0.39 is 0 Å². The minimum absolute atomic E-state index is 0.0239. The molecule has 0 atom stereocenters. The van der Waals surface area contributed by atoms with Crippen molar-refractivity contribution in [2.75, 3.05) is 36.4 Å². The summed E-state index contributed by atoms with van der Waals surface area (Å²) in [4.78, 5) is 21.7. The number of aromatic nitrogens is 1. The lowest BCUT2D eigenvalue weighted by Crippen LogP contribution is -2.50. The van der Waals surface area contributed by atoms with Gasteiger partial charge in [-0.15, -0.1) is 0 Å². The maximum absolute atomic E-state index is 12.9. The number of para-hydroxylation sites is 2. The Morgan fingerprint density at radius 1 is 0.931 bits per heavy atom. The summed E-state index contributed by atoms with van der Waals surface area (Å²) >= 11 is 0. The lowest BCUT2D eigenvalue weighted by atomic mass is 9.86. The Hall–Kier alpha value is -3.08. The Morgan fingerprint density at radius 3 is 2.41 bits per heavy atom. The molecule has 4 rings (SSSR count). The maximum atomic E-state index is 12.9. The SMILES string of the molecule is CC(C)(C)c1ccccc1NC(=O)N1CCN(c2cccc3cccnc23)CC1. The first kappa shape index (κ1) is 19.2. The molecule has 0 unspecified atom stereocenters. The quantitative estimate of drug-likeness (QED) is 0.680. The second-order valence-corrected chi connectivity index (χ2v) is 8.55. The van der Waals surface area contributed by atoms with Crippen LogP contribution in [0.2, 0.25) is 0 Å². The van der Waals surface area contributed by atoms with Crippen LogP contribution in [0.4, 0.5) is 16.2 Å². The molecule has 0 aliphatic carbocycles. The fourth-order valence-electron chi connectivity index (χ4n) is 3.93. The number of nitrogens with one attached hydrogen (secondary N) is 1. The number of carbonyl (C=O) groups is 1. The van der Waals surface area contributed by atoms with Crippen LogP contribution in [0.3, 0.4) is 0 Å². The Morgan fingerprint density at radius 2 is 1.66 bits per heavy atom. The lowest BCUT2D eigenvalue weighted by molar-refractivity contribution is 0.208. The summed E-state index contributed by atoms with van der Waals surface area (Å²) in [5, 5.41) is 4.27. The summed E-state index contributed by atoms with van der Waals surface area (Å²) in [7, 11) is 0. The number of amides is 2. The van der Waals surface area contributed by atoms with Crippen molar-refractivity contribution in [1.82, 2.24) is 9.88 Å². The van der Waals surface area contributed by atoms with E-state index in [1.54, 1.807) is 0 Å². The number of fused-ring (bicyclic) bond motifs is 1. The van der Waals surface area contributed by atoms with Crippen LogP contribution in [0.1, 0.15) is 26.3 Å². The van der Waals surface area contributed by atoms with Crippen molar-refractivity contribution in [2.45, 2.75) is 26.2 Å². The Labute approximate surface area is 172 Å². The molecule has 3 aromatic rings. The van der Waals surface area contributed by atoms with Crippen molar-refractivity contribution in [3.63, 3.8) is 0 Å². The molecule has 0 spiro atoms. The smallest absolute Gasteiger partial charge is 0.321 e. The number of carbonyl (C=O) groups excluding carboxylic acids is 1. The highest BCUT2D eigenvalue weighted by molar-refractivity contribution is 5.92. The molecular weight excluding hydrogens is 360 g/mol. The summed E-state index contributed by atoms with van der Waals surface area (Å²) in [6, 6.07) is 18.3. The fraction of sp³-hybridized carbons (Fsp3) is 0.333. The highest BCUT2D eigenvalue weighted by atomic mass is 16.2. The van der Waals surface area contributed by atoms with E-state index in [0.29, 0.717) is 13.1 Å². The molecule has 29 heavy (non-hydrogen) atoms. The van der Waals surface area contributed by atoms with Crippen LogP contribution in [0.5, 0.6) is 0 Å². The second kappa shape index (κ2) is 7.74. The van der Waals surface area contributed by atoms with Crippen molar-refractivity contribution >= 4 is 28.3 Å². The van der Waals surface area contributed by atoms with Gasteiger partial charge in [0, 0.05) is 43.4 Å².